The summed E-state index contributed by atoms with van der Waals surface area (Å²) in [6.45, 7) is 9.59. The van der Waals surface area contributed by atoms with Crippen LogP contribution in [0.25, 0.3) is 0 Å². The van der Waals surface area contributed by atoms with Crippen LogP contribution in [0.4, 0.5) is 0 Å². The van der Waals surface area contributed by atoms with E-state index in [1.165, 1.54) is 23.3 Å². The van der Waals surface area contributed by atoms with Crippen LogP contribution >= 0.6 is 11.3 Å². The second-order valence-corrected chi connectivity index (χ2v) is 6.98. The second kappa shape index (κ2) is 7.76. The van der Waals surface area contributed by atoms with E-state index in [0.717, 1.165) is 29.2 Å². The highest BCUT2D eigenvalue weighted by Crippen LogP contribution is 2.33. The van der Waals surface area contributed by atoms with Gasteiger partial charge in [0.05, 0.1) is 18.1 Å². The largest absolute Gasteiger partial charge is 0.375 e. The molecular weight excluding hydrogens is 282 g/mol. The number of thiophene rings is 1. The van der Waals surface area contributed by atoms with Crippen LogP contribution < -0.4 is 5.32 Å². The lowest BCUT2D eigenvalue weighted by atomic mass is 9.87. The van der Waals surface area contributed by atoms with Crippen LogP contribution in [0.2, 0.25) is 0 Å². The van der Waals surface area contributed by atoms with Gasteiger partial charge in [0.2, 0.25) is 0 Å². The summed E-state index contributed by atoms with van der Waals surface area (Å²) < 4.78 is 5.38. The van der Waals surface area contributed by atoms with E-state index in [1.54, 1.807) is 11.3 Å². The van der Waals surface area contributed by atoms with Crippen LogP contribution in [-0.2, 0) is 17.6 Å². The summed E-state index contributed by atoms with van der Waals surface area (Å²) in [6, 6.07) is 2.09. The number of carbonyl (C=O) groups is 1. The molecule has 1 aliphatic rings. The van der Waals surface area contributed by atoms with Gasteiger partial charge in [0, 0.05) is 11.4 Å². The van der Waals surface area contributed by atoms with E-state index in [0.29, 0.717) is 19.8 Å². The van der Waals surface area contributed by atoms with Crippen LogP contribution in [-0.4, -0.2) is 25.7 Å². The smallest absolute Gasteiger partial charge is 0.261 e. The van der Waals surface area contributed by atoms with Crippen molar-refractivity contribution in [2.45, 2.75) is 39.5 Å². The molecule has 3 nitrogen and oxygen atoms in total. The number of amides is 1. The summed E-state index contributed by atoms with van der Waals surface area (Å²) >= 11 is 1.66. The minimum atomic E-state index is 0.0290. The number of ether oxygens (including phenoxy) is 1. The number of rotatable bonds is 7. The van der Waals surface area contributed by atoms with Crippen LogP contribution in [0.5, 0.6) is 0 Å². The van der Waals surface area contributed by atoms with Crippen LogP contribution in [0.1, 0.15) is 46.8 Å². The van der Waals surface area contributed by atoms with Crippen LogP contribution in [0.3, 0.4) is 0 Å². The summed E-state index contributed by atoms with van der Waals surface area (Å²) in [5.74, 6) is 0.819. The van der Waals surface area contributed by atoms with Crippen molar-refractivity contribution in [3.05, 3.63) is 33.5 Å². The van der Waals surface area contributed by atoms with Crippen molar-refractivity contribution in [2.75, 3.05) is 19.8 Å². The van der Waals surface area contributed by atoms with E-state index >= 15 is 0 Å². The van der Waals surface area contributed by atoms with Gasteiger partial charge < -0.3 is 10.1 Å². The Hall–Kier alpha value is -1.13. The van der Waals surface area contributed by atoms with Gasteiger partial charge in [-0.25, -0.2) is 0 Å². The molecule has 0 aromatic carbocycles. The van der Waals surface area contributed by atoms with E-state index in [4.69, 9.17) is 4.74 Å². The highest BCUT2D eigenvalue weighted by Gasteiger charge is 2.21. The number of nitrogens with one attached hydrogen (secondary N) is 1. The third kappa shape index (κ3) is 4.68. The first-order valence-electron chi connectivity index (χ1n) is 7.72. The Morgan fingerprint density at radius 1 is 1.57 bits per heavy atom. The van der Waals surface area contributed by atoms with Crippen molar-refractivity contribution < 1.29 is 9.53 Å². The molecular formula is C17H25NO2S. The first-order valence-corrected chi connectivity index (χ1v) is 8.53. The lowest BCUT2D eigenvalue weighted by Crippen LogP contribution is -2.26. The molecule has 0 fully saturated rings. The average molecular weight is 307 g/mol. The Morgan fingerprint density at radius 2 is 2.38 bits per heavy atom. The van der Waals surface area contributed by atoms with Crippen molar-refractivity contribution in [3.8, 4) is 0 Å². The molecule has 21 heavy (non-hydrogen) atoms. The van der Waals surface area contributed by atoms with Crippen LogP contribution in [0.15, 0.2) is 18.2 Å². The molecule has 116 valence electrons. The first-order chi connectivity index (χ1) is 10.1. The molecule has 2 rings (SSSR count). The van der Waals surface area contributed by atoms with Gasteiger partial charge in [-0.3, -0.25) is 4.79 Å². The highest BCUT2D eigenvalue weighted by molar-refractivity contribution is 7.14. The lowest BCUT2D eigenvalue weighted by Gasteiger charge is -2.19. The normalized spacial score (nSPS) is 17.3. The number of aryl methyl sites for hydroxylation is 1. The Balaban J connectivity index is 1.81. The maximum Gasteiger partial charge on any atom is 0.261 e. The zero-order valence-electron chi connectivity index (χ0n) is 13.0. The fraction of sp³-hybridized carbons (Fsp3) is 0.588. The van der Waals surface area contributed by atoms with Crippen molar-refractivity contribution in [1.29, 1.82) is 0 Å². The van der Waals surface area contributed by atoms with Crippen molar-refractivity contribution in [1.82, 2.24) is 5.32 Å². The zero-order valence-corrected chi connectivity index (χ0v) is 13.9. The molecule has 0 radical (unpaired) electrons. The summed E-state index contributed by atoms with van der Waals surface area (Å²) in [4.78, 5) is 14.4. The molecule has 1 N–H and O–H groups in total. The van der Waals surface area contributed by atoms with Gasteiger partial charge in [-0.2, -0.15) is 0 Å². The predicted molar refractivity (Wildman–Crippen MR) is 88.1 cm³/mol. The Morgan fingerprint density at radius 3 is 3.10 bits per heavy atom. The molecule has 0 saturated heterocycles. The highest BCUT2D eigenvalue weighted by atomic mass is 32.1. The number of fused-ring (bicyclic) bond motifs is 1. The van der Waals surface area contributed by atoms with Crippen molar-refractivity contribution in [2.24, 2.45) is 5.92 Å². The molecule has 1 atom stereocenters. The molecule has 0 spiro atoms. The van der Waals surface area contributed by atoms with Gasteiger partial charge in [0.25, 0.3) is 5.91 Å². The third-order valence-electron chi connectivity index (χ3n) is 3.87. The van der Waals surface area contributed by atoms with Crippen molar-refractivity contribution >= 4 is 17.2 Å². The Labute approximate surface area is 131 Å². The average Bonchev–Trinajstić information content (AvgIpc) is 2.89. The standard InChI is InChI=1S/C17H25NO2S/c1-4-13-5-6-15-14(9-13)10-16(21-15)17(19)18-7-8-20-11-12(2)3/h10,13H,2,4-9,11H2,1,3H3,(H,18,19). The minimum Gasteiger partial charge on any atom is -0.375 e. The fourth-order valence-corrected chi connectivity index (χ4v) is 3.75. The van der Waals surface area contributed by atoms with Gasteiger partial charge in [-0.05, 0) is 43.7 Å². The lowest BCUT2D eigenvalue weighted by molar-refractivity contribution is 0.0930. The van der Waals surface area contributed by atoms with Gasteiger partial charge in [0.1, 0.15) is 0 Å². The van der Waals surface area contributed by atoms with Gasteiger partial charge >= 0.3 is 0 Å². The van der Waals surface area contributed by atoms with E-state index < -0.39 is 0 Å². The maximum atomic E-state index is 12.1. The molecule has 1 unspecified atom stereocenters. The van der Waals surface area contributed by atoms with E-state index in [1.807, 2.05) is 6.92 Å². The zero-order chi connectivity index (χ0) is 15.2. The molecule has 0 aliphatic heterocycles. The molecule has 0 bridgehead atoms. The molecule has 1 aliphatic carbocycles. The Kier molecular flexibility index (Phi) is 6.00. The Bertz CT molecular complexity index is 507. The molecule has 1 amide bonds. The molecule has 0 saturated carbocycles. The SMILES string of the molecule is C=C(C)COCCNC(=O)c1cc2c(s1)CCC(CC)C2. The summed E-state index contributed by atoms with van der Waals surface area (Å²) in [7, 11) is 0. The minimum absolute atomic E-state index is 0.0290. The molecule has 1 aromatic rings. The number of hydrogen-bond donors (Lipinski definition) is 1. The second-order valence-electron chi connectivity index (χ2n) is 5.84. The van der Waals surface area contributed by atoms with Gasteiger partial charge in [0.15, 0.2) is 0 Å². The molecule has 4 heteroatoms. The first kappa shape index (κ1) is 16.2. The molecule has 1 heterocycles. The monoisotopic (exact) mass is 307 g/mol. The summed E-state index contributed by atoms with van der Waals surface area (Å²) in [6.07, 6.45) is 4.77. The number of hydrogen-bond acceptors (Lipinski definition) is 3. The van der Waals surface area contributed by atoms with E-state index in [2.05, 4.69) is 24.9 Å². The van der Waals surface area contributed by atoms with E-state index in [9.17, 15) is 4.79 Å². The fourth-order valence-electron chi connectivity index (χ4n) is 2.63. The van der Waals surface area contributed by atoms with Crippen molar-refractivity contribution in [3.63, 3.8) is 0 Å². The maximum absolute atomic E-state index is 12.1. The van der Waals surface area contributed by atoms with Crippen LogP contribution in [0, 0.1) is 5.92 Å². The third-order valence-corrected chi connectivity index (χ3v) is 5.10. The summed E-state index contributed by atoms with van der Waals surface area (Å²) in [5.41, 5.74) is 2.39. The van der Waals surface area contributed by atoms with Gasteiger partial charge in [-0.15, -0.1) is 11.3 Å². The topological polar surface area (TPSA) is 38.3 Å². The van der Waals surface area contributed by atoms with Gasteiger partial charge in [-0.1, -0.05) is 25.5 Å². The summed E-state index contributed by atoms with van der Waals surface area (Å²) in [5, 5.41) is 2.92. The predicted octanol–water partition coefficient (Wildman–Crippen LogP) is 3.59. The number of carbonyl (C=O) groups excluding carboxylic acids is 1. The quantitative estimate of drug-likeness (QED) is 0.617. The van der Waals surface area contributed by atoms with E-state index in [-0.39, 0.29) is 5.91 Å². The molecule has 1 aromatic heterocycles.